The lowest BCUT2D eigenvalue weighted by Crippen LogP contribution is -2.37. The van der Waals surface area contributed by atoms with Gasteiger partial charge in [-0.15, -0.1) is 0 Å². The number of anilines is 2. The number of fused-ring (bicyclic) bond motifs is 1. The summed E-state index contributed by atoms with van der Waals surface area (Å²) in [5.41, 5.74) is 9.31. The zero-order chi connectivity index (χ0) is 17.4. The molecule has 7 heteroatoms. The number of nitrogens with zero attached hydrogens (tertiary/aromatic N) is 2. The molecule has 1 atom stereocenters. The summed E-state index contributed by atoms with van der Waals surface area (Å²) in [7, 11) is 1.73. The Labute approximate surface area is 144 Å². The van der Waals surface area contributed by atoms with Crippen LogP contribution in [0.15, 0.2) is 30.5 Å². The number of hydrogen-bond donors (Lipinski definition) is 2. The molecule has 1 aromatic heterocycles. The monoisotopic (exact) mass is 344 g/mol. The van der Waals surface area contributed by atoms with Gasteiger partial charge in [-0.1, -0.05) is 17.7 Å². The van der Waals surface area contributed by atoms with E-state index in [0.29, 0.717) is 17.3 Å². The lowest BCUT2D eigenvalue weighted by molar-refractivity contribution is -0.120. The maximum Gasteiger partial charge on any atom is 0.316 e. The standard InChI is InChI=1S/C17H17ClN4O2/c1-9-3-4-11(21-17(19)24)6-12(9)13-5-10-8-20-15(18)7-14(10)22(2)16(13)23/h3-4,6-8,13H,5H2,1-2H3,(H3,19,21,24). The maximum absolute atomic E-state index is 12.8. The molecule has 1 aliphatic heterocycles. The average Bonchev–Trinajstić information content (AvgIpc) is 2.53. The Bertz CT molecular complexity index is 837. The van der Waals surface area contributed by atoms with E-state index < -0.39 is 6.03 Å². The van der Waals surface area contributed by atoms with Crippen LogP contribution in [-0.4, -0.2) is 24.0 Å². The molecule has 0 spiro atoms. The van der Waals surface area contributed by atoms with Gasteiger partial charge in [-0.3, -0.25) is 4.79 Å². The van der Waals surface area contributed by atoms with Crippen molar-refractivity contribution < 1.29 is 9.59 Å². The van der Waals surface area contributed by atoms with E-state index in [2.05, 4.69) is 10.3 Å². The zero-order valence-electron chi connectivity index (χ0n) is 13.3. The van der Waals surface area contributed by atoms with Crippen LogP contribution >= 0.6 is 11.6 Å². The van der Waals surface area contributed by atoms with Gasteiger partial charge in [-0.25, -0.2) is 9.78 Å². The van der Waals surface area contributed by atoms with Crippen LogP contribution in [0.5, 0.6) is 0 Å². The molecule has 0 bridgehead atoms. The van der Waals surface area contributed by atoms with Gasteiger partial charge in [0.05, 0.1) is 11.6 Å². The Hall–Kier alpha value is -2.60. The van der Waals surface area contributed by atoms with E-state index in [1.165, 1.54) is 0 Å². The Balaban J connectivity index is 2.02. The van der Waals surface area contributed by atoms with E-state index in [4.69, 9.17) is 17.3 Å². The number of primary amides is 1. The van der Waals surface area contributed by atoms with E-state index in [-0.39, 0.29) is 11.8 Å². The topological polar surface area (TPSA) is 88.3 Å². The third kappa shape index (κ3) is 2.92. The molecule has 3 rings (SSSR count). The molecule has 0 aliphatic carbocycles. The molecular formula is C17H17ClN4O2. The number of aryl methyl sites for hydroxylation is 1. The number of likely N-dealkylation sites (N-methyl/N-ethyl adjacent to an activating group) is 1. The summed E-state index contributed by atoms with van der Waals surface area (Å²) in [6.45, 7) is 1.94. The molecule has 3 N–H and O–H groups in total. The van der Waals surface area contributed by atoms with Gasteiger partial charge in [0.25, 0.3) is 0 Å². The van der Waals surface area contributed by atoms with Crippen molar-refractivity contribution in [3.8, 4) is 0 Å². The molecule has 1 aromatic carbocycles. The molecule has 124 valence electrons. The Morgan fingerprint density at radius 2 is 2.17 bits per heavy atom. The summed E-state index contributed by atoms with van der Waals surface area (Å²) in [6.07, 6.45) is 2.23. The van der Waals surface area contributed by atoms with Gasteiger partial charge in [0.1, 0.15) is 5.15 Å². The number of rotatable bonds is 2. The molecule has 1 unspecified atom stereocenters. The van der Waals surface area contributed by atoms with Crippen molar-refractivity contribution >= 4 is 34.9 Å². The van der Waals surface area contributed by atoms with E-state index in [9.17, 15) is 9.59 Å². The van der Waals surface area contributed by atoms with Gasteiger partial charge in [0.2, 0.25) is 5.91 Å². The number of carbonyl (C=O) groups is 2. The molecule has 24 heavy (non-hydrogen) atoms. The van der Waals surface area contributed by atoms with Gasteiger partial charge in [-0.05, 0) is 48.2 Å². The second kappa shape index (κ2) is 6.13. The molecule has 0 saturated carbocycles. The minimum atomic E-state index is -0.638. The molecule has 2 aromatic rings. The number of nitrogens with one attached hydrogen (secondary N) is 1. The van der Waals surface area contributed by atoms with Crippen LogP contribution in [0.3, 0.4) is 0 Å². The van der Waals surface area contributed by atoms with Crippen LogP contribution in [0, 0.1) is 6.92 Å². The minimum absolute atomic E-state index is 0.0240. The van der Waals surface area contributed by atoms with Crippen LogP contribution in [0.2, 0.25) is 5.15 Å². The fraction of sp³-hybridized carbons (Fsp3) is 0.235. The van der Waals surface area contributed by atoms with Gasteiger partial charge in [-0.2, -0.15) is 0 Å². The van der Waals surface area contributed by atoms with Crippen LogP contribution in [-0.2, 0) is 11.2 Å². The summed E-state index contributed by atoms with van der Waals surface area (Å²) >= 11 is 5.94. The largest absolute Gasteiger partial charge is 0.351 e. The van der Waals surface area contributed by atoms with Crippen molar-refractivity contribution in [1.82, 2.24) is 4.98 Å². The van der Waals surface area contributed by atoms with E-state index in [1.807, 2.05) is 13.0 Å². The average molecular weight is 345 g/mol. The number of benzene rings is 1. The number of carbonyl (C=O) groups excluding carboxylic acids is 2. The smallest absolute Gasteiger partial charge is 0.316 e. The van der Waals surface area contributed by atoms with Crippen LogP contribution in [0.4, 0.5) is 16.2 Å². The van der Waals surface area contributed by atoms with Crippen LogP contribution in [0.25, 0.3) is 0 Å². The summed E-state index contributed by atoms with van der Waals surface area (Å²) in [5.74, 6) is -0.371. The first-order chi connectivity index (χ1) is 11.4. The highest BCUT2D eigenvalue weighted by molar-refractivity contribution is 6.29. The van der Waals surface area contributed by atoms with Crippen LogP contribution in [0.1, 0.15) is 22.6 Å². The second-order valence-electron chi connectivity index (χ2n) is 5.85. The van der Waals surface area contributed by atoms with Gasteiger partial charge < -0.3 is 16.0 Å². The highest BCUT2D eigenvalue weighted by atomic mass is 35.5. The molecule has 2 heterocycles. The lowest BCUT2D eigenvalue weighted by Gasteiger charge is -2.32. The lowest BCUT2D eigenvalue weighted by atomic mass is 9.85. The van der Waals surface area contributed by atoms with Gasteiger partial charge >= 0.3 is 6.03 Å². The Morgan fingerprint density at radius 3 is 2.88 bits per heavy atom. The SMILES string of the molecule is Cc1ccc(NC(N)=O)cc1C1Cc2cnc(Cl)cc2N(C)C1=O. The predicted molar refractivity (Wildman–Crippen MR) is 93.5 cm³/mol. The van der Waals surface area contributed by atoms with Crippen molar-refractivity contribution in [1.29, 1.82) is 0 Å². The van der Waals surface area contributed by atoms with Crippen molar-refractivity contribution in [3.63, 3.8) is 0 Å². The maximum atomic E-state index is 12.8. The minimum Gasteiger partial charge on any atom is -0.351 e. The van der Waals surface area contributed by atoms with E-state index in [1.54, 1.807) is 36.3 Å². The van der Waals surface area contributed by atoms with E-state index in [0.717, 1.165) is 22.4 Å². The van der Waals surface area contributed by atoms with Gasteiger partial charge in [0.15, 0.2) is 0 Å². The van der Waals surface area contributed by atoms with Crippen molar-refractivity contribution in [2.45, 2.75) is 19.3 Å². The first-order valence-electron chi connectivity index (χ1n) is 7.46. The first kappa shape index (κ1) is 16.3. The molecule has 6 nitrogen and oxygen atoms in total. The molecule has 0 radical (unpaired) electrons. The van der Waals surface area contributed by atoms with Crippen molar-refractivity contribution in [2.24, 2.45) is 5.73 Å². The summed E-state index contributed by atoms with van der Waals surface area (Å²) in [4.78, 5) is 29.6. The van der Waals surface area contributed by atoms with Gasteiger partial charge in [0, 0.05) is 18.9 Å². The summed E-state index contributed by atoms with van der Waals surface area (Å²) < 4.78 is 0. The molecular weight excluding hydrogens is 328 g/mol. The highest BCUT2D eigenvalue weighted by Gasteiger charge is 2.33. The molecule has 3 amide bonds. The molecule has 0 saturated heterocycles. The number of aromatic nitrogens is 1. The normalized spacial score (nSPS) is 16.7. The fourth-order valence-corrected chi connectivity index (χ4v) is 3.21. The number of nitrogens with two attached hydrogens (primary N) is 1. The number of halogens is 1. The Kier molecular flexibility index (Phi) is 4.15. The molecule has 0 fully saturated rings. The van der Waals surface area contributed by atoms with Crippen molar-refractivity contribution in [3.05, 3.63) is 52.3 Å². The third-order valence-corrected chi connectivity index (χ3v) is 4.47. The number of urea groups is 1. The quantitative estimate of drug-likeness (QED) is 0.821. The van der Waals surface area contributed by atoms with Crippen molar-refractivity contribution in [2.75, 3.05) is 17.3 Å². The fourth-order valence-electron chi connectivity index (χ4n) is 3.06. The second-order valence-corrected chi connectivity index (χ2v) is 6.24. The number of amides is 3. The predicted octanol–water partition coefficient (Wildman–Crippen LogP) is 2.84. The highest BCUT2D eigenvalue weighted by Crippen LogP contribution is 2.37. The number of pyridine rings is 1. The number of hydrogen-bond acceptors (Lipinski definition) is 3. The summed E-state index contributed by atoms with van der Waals surface area (Å²) in [5, 5.41) is 2.91. The first-order valence-corrected chi connectivity index (χ1v) is 7.83. The molecule has 1 aliphatic rings. The van der Waals surface area contributed by atoms with E-state index >= 15 is 0 Å². The summed E-state index contributed by atoms with van der Waals surface area (Å²) in [6, 6.07) is 6.48. The van der Waals surface area contributed by atoms with Crippen LogP contribution < -0.4 is 16.0 Å². The Morgan fingerprint density at radius 1 is 1.42 bits per heavy atom. The third-order valence-electron chi connectivity index (χ3n) is 4.26. The zero-order valence-corrected chi connectivity index (χ0v) is 14.1.